The molecule has 5 heteroatoms. The van der Waals surface area contributed by atoms with Crippen LogP contribution in [0.1, 0.15) is 11.1 Å². The van der Waals surface area contributed by atoms with Gasteiger partial charge >= 0.3 is 0 Å². The summed E-state index contributed by atoms with van der Waals surface area (Å²) in [5.41, 5.74) is 1.76. The first kappa shape index (κ1) is 11.6. The van der Waals surface area contributed by atoms with E-state index in [2.05, 4.69) is 37.3 Å². The summed E-state index contributed by atoms with van der Waals surface area (Å²) in [4.78, 5) is 8.03. The Balaban J connectivity index is 2.00. The first-order chi connectivity index (χ1) is 8.28. The molecule has 0 bridgehead atoms. The maximum atomic E-state index is 8.68. The molecule has 0 saturated carbocycles. The van der Waals surface area contributed by atoms with E-state index in [0.717, 1.165) is 16.0 Å². The Hall–Kier alpha value is -1.93. The normalized spacial score (nSPS) is 9.65. The van der Waals surface area contributed by atoms with E-state index in [-0.39, 0.29) is 0 Å². The Morgan fingerprint density at radius 3 is 2.65 bits per heavy atom. The van der Waals surface area contributed by atoms with Crippen molar-refractivity contribution in [1.29, 1.82) is 5.26 Å². The number of hydrogen-bond donors (Lipinski definition) is 1. The quantitative estimate of drug-likeness (QED) is 0.882. The van der Waals surface area contributed by atoms with Gasteiger partial charge in [0.2, 0.25) is 0 Å². The zero-order valence-corrected chi connectivity index (χ0v) is 10.5. The third-order valence-corrected chi connectivity index (χ3v) is 2.62. The minimum Gasteiger partial charge on any atom is -0.366 e. The highest BCUT2D eigenvalue weighted by molar-refractivity contribution is 9.10. The molecule has 1 aromatic heterocycles. The van der Waals surface area contributed by atoms with Gasteiger partial charge < -0.3 is 5.32 Å². The molecule has 0 aliphatic heterocycles. The predicted molar refractivity (Wildman–Crippen MR) is 68.2 cm³/mol. The van der Waals surface area contributed by atoms with E-state index in [0.29, 0.717) is 12.1 Å². The standard InChI is InChI=1S/C12H9BrN4/c13-11-5-12(17-8-16-11)15-7-10-3-1-9(6-14)2-4-10/h1-5,8H,7H2,(H,15,16,17). The zero-order chi connectivity index (χ0) is 12.1. The average molecular weight is 289 g/mol. The van der Waals surface area contributed by atoms with E-state index < -0.39 is 0 Å². The lowest BCUT2D eigenvalue weighted by molar-refractivity contribution is 1.07. The van der Waals surface area contributed by atoms with Crippen molar-refractivity contribution in [2.45, 2.75) is 6.54 Å². The summed E-state index contributed by atoms with van der Waals surface area (Å²) in [7, 11) is 0. The minimum atomic E-state index is 0.662. The van der Waals surface area contributed by atoms with E-state index in [1.807, 2.05) is 18.2 Å². The lowest BCUT2D eigenvalue weighted by atomic mass is 10.1. The number of nitriles is 1. The molecule has 17 heavy (non-hydrogen) atoms. The molecule has 0 fully saturated rings. The number of nitrogens with zero attached hydrogens (tertiary/aromatic N) is 3. The molecule has 0 aliphatic carbocycles. The number of hydrogen-bond acceptors (Lipinski definition) is 4. The molecular formula is C12H9BrN4. The summed E-state index contributed by atoms with van der Waals surface area (Å²) in [5.74, 6) is 0.760. The largest absolute Gasteiger partial charge is 0.366 e. The van der Waals surface area contributed by atoms with Crippen LogP contribution in [-0.2, 0) is 6.54 Å². The van der Waals surface area contributed by atoms with Gasteiger partial charge in [-0.2, -0.15) is 5.26 Å². The van der Waals surface area contributed by atoms with Crippen LogP contribution in [0.2, 0.25) is 0 Å². The van der Waals surface area contributed by atoms with Crippen LogP contribution >= 0.6 is 15.9 Å². The third kappa shape index (κ3) is 3.26. The highest BCUT2D eigenvalue weighted by Crippen LogP contribution is 2.11. The van der Waals surface area contributed by atoms with Crippen LogP contribution in [0.5, 0.6) is 0 Å². The van der Waals surface area contributed by atoms with Crippen LogP contribution < -0.4 is 5.32 Å². The van der Waals surface area contributed by atoms with Crippen molar-refractivity contribution in [3.8, 4) is 6.07 Å². The number of rotatable bonds is 3. The van der Waals surface area contributed by atoms with Crippen LogP contribution in [0, 0.1) is 11.3 Å². The van der Waals surface area contributed by atoms with Crippen molar-refractivity contribution in [2.24, 2.45) is 0 Å². The first-order valence-electron chi connectivity index (χ1n) is 4.98. The molecule has 84 valence electrons. The van der Waals surface area contributed by atoms with Gasteiger partial charge in [0.15, 0.2) is 0 Å². The number of anilines is 1. The lowest BCUT2D eigenvalue weighted by Gasteiger charge is -2.05. The molecule has 0 spiro atoms. The van der Waals surface area contributed by atoms with Gasteiger partial charge in [0, 0.05) is 12.6 Å². The molecule has 2 aromatic rings. The summed E-state index contributed by atoms with van der Waals surface area (Å²) in [6.45, 7) is 0.662. The maximum Gasteiger partial charge on any atom is 0.130 e. The second-order valence-corrected chi connectivity index (χ2v) is 4.20. The third-order valence-electron chi connectivity index (χ3n) is 2.19. The van der Waals surface area contributed by atoms with Crippen LogP contribution in [0.25, 0.3) is 0 Å². The monoisotopic (exact) mass is 288 g/mol. The Bertz CT molecular complexity index is 545. The summed E-state index contributed by atoms with van der Waals surface area (Å²) < 4.78 is 0.745. The number of benzene rings is 1. The molecule has 2 rings (SSSR count). The van der Waals surface area contributed by atoms with Gasteiger partial charge in [0.05, 0.1) is 11.6 Å². The molecule has 0 aliphatic rings. The van der Waals surface area contributed by atoms with E-state index in [1.54, 1.807) is 12.1 Å². The number of halogens is 1. The topological polar surface area (TPSA) is 61.6 Å². The predicted octanol–water partition coefficient (Wildman–Crippen LogP) is 2.72. The summed E-state index contributed by atoms with van der Waals surface area (Å²) in [6, 6.07) is 11.3. The SMILES string of the molecule is N#Cc1ccc(CNc2cc(Br)ncn2)cc1. The fraction of sp³-hybridized carbons (Fsp3) is 0.0833. The van der Waals surface area contributed by atoms with Gasteiger partial charge in [-0.25, -0.2) is 9.97 Å². The highest BCUT2D eigenvalue weighted by atomic mass is 79.9. The Morgan fingerprint density at radius 2 is 2.00 bits per heavy atom. The molecule has 0 amide bonds. The molecule has 1 N–H and O–H groups in total. The van der Waals surface area contributed by atoms with Crippen molar-refractivity contribution in [2.75, 3.05) is 5.32 Å². The van der Waals surface area contributed by atoms with Gasteiger partial charge in [-0.1, -0.05) is 12.1 Å². The van der Waals surface area contributed by atoms with Crippen LogP contribution in [0.3, 0.4) is 0 Å². The lowest BCUT2D eigenvalue weighted by Crippen LogP contribution is -2.01. The summed E-state index contributed by atoms with van der Waals surface area (Å²) in [6.07, 6.45) is 1.49. The van der Waals surface area contributed by atoms with Gasteiger partial charge in [-0.3, -0.25) is 0 Å². The molecule has 0 radical (unpaired) electrons. The summed E-state index contributed by atoms with van der Waals surface area (Å²) >= 11 is 3.28. The molecule has 1 heterocycles. The smallest absolute Gasteiger partial charge is 0.130 e. The second-order valence-electron chi connectivity index (χ2n) is 3.39. The molecule has 4 nitrogen and oxygen atoms in total. The van der Waals surface area contributed by atoms with Crippen molar-refractivity contribution >= 4 is 21.7 Å². The van der Waals surface area contributed by atoms with Crippen LogP contribution in [-0.4, -0.2) is 9.97 Å². The Morgan fingerprint density at radius 1 is 1.24 bits per heavy atom. The van der Waals surface area contributed by atoms with E-state index in [4.69, 9.17) is 5.26 Å². The van der Waals surface area contributed by atoms with Crippen molar-refractivity contribution < 1.29 is 0 Å². The molecule has 1 aromatic carbocycles. The molecule has 0 saturated heterocycles. The van der Waals surface area contributed by atoms with E-state index in [9.17, 15) is 0 Å². The average Bonchev–Trinajstić information content (AvgIpc) is 2.37. The second kappa shape index (κ2) is 5.41. The zero-order valence-electron chi connectivity index (χ0n) is 8.89. The fourth-order valence-electron chi connectivity index (χ4n) is 1.32. The van der Waals surface area contributed by atoms with Crippen LogP contribution in [0.15, 0.2) is 41.3 Å². The highest BCUT2D eigenvalue weighted by Gasteiger charge is 1.97. The first-order valence-corrected chi connectivity index (χ1v) is 5.78. The van der Waals surface area contributed by atoms with Gasteiger partial charge in [-0.05, 0) is 33.6 Å². The minimum absolute atomic E-state index is 0.662. The number of nitrogens with one attached hydrogen (secondary N) is 1. The van der Waals surface area contributed by atoms with Gasteiger partial charge in [-0.15, -0.1) is 0 Å². The number of aromatic nitrogens is 2. The van der Waals surface area contributed by atoms with Crippen molar-refractivity contribution in [1.82, 2.24) is 9.97 Å². The fourth-order valence-corrected chi connectivity index (χ4v) is 1.63. The maximum absolute atomic E-state index is 8.68. The van der Waals surface area contributed by atoms with Gasteiger partial charge in [0.25, 0.3) is 0 Å². The van der Waals surface area contributed by atoms with Gasteiger partial charge in [0.1, 0.15) is 16.7 Å². The van der Waals surface area contributed by atoms with Crippen LogP contribution in [0.4, 0.5) is 5.82 Å². The molecule has 0 unspecified atom stereocenters. The Kier molecular flexibility index (Phi) is 3.68. The van der Waals surface area contributed by atoms with Crippen molar-refractivity contribution in [3.63, 3.8) is 0 Å². The summed E-state index contributed by atoms with van der Waals surface area (Å²) in [5, 5.41) is 11.9. The Labute approximate surface area is 107 Å². The van der Waals surface area contributed by atoms with Crippen molar-refractivity contribution in [3.05, 3.63) is 52.4 Å². The molecule has 0 atom stereocenters. The van der Waals surface area contributed by atoms with E-state index >= 15 is 0 Å². The van der Waals surface area contributed by atoms with E-state index in [1.165, 1.54) is 6.33 Å². The molecular weight excluding hydrogens is 280 g/mol.